The van der Waals surface area contributed by atoms with E-state index in [2.05, 4.69) is 54.9 Å². The summed E-state index contributed by atoms with van der Waals surface area (Å²) in [5.41, 5.74) is 2.69. The van der Waals surface area contributed by atoms with Crippen molar-refractivity contribution in [3.05, 3.63) is 51.7 Å². The Morgan fingerprint density at radius 3 is 2.76 bits per heavy atom. The van der Waals surface area contributed by atoms with Crippen molar-refractivity contribution in [3.63, 3.8) is 0 Å². The molecule has 0 bridgehead atoms. The number of aryl methyl sites for hydroxylation is 2. The summed E-state index contributed by atoms with van der Waals surface area (Å²) in [5.74, 6) is 0.935. The third kappa shape index (κ3) is 4.58. The fourth-order valence-electron chi connectivity index (χ4n) is 2.72. The predicted octanol–water partition coefficient (Wildman–Crippen LogP) is 4.74. The summed E-state index contributed by atoms with van der Waals surface area (Å²) in [6.45, 7) is 5.34. The molecule has 2 rings (SSSR count). The Labute approximate surface area is 132 Å². The number of hydrogen-bond donors (Lipinski definition) is 1. The van der Waals surface area contributed by atoms with Gasteiger partial charge in [0.05, 0.1) is 7.11 Å². The minimum Gasteiger partial charge on any atom is -0.497 e. The number of hydrogen-bond acceptors (Lipinski definition) is 3. The first-order valence-electron chi connectivity index (χ1n) is 7.65. The first-order chi connectivity index (χ1) is 10.2. The molecule has 2 nitrogen and oxygen atoms in total. The Kier molecular flexibility index (Phi) is 6.27. The maximum Gasteiger partial charge on any atom is 0.119 e. The van der Waals surface area contributed by atoms with E-state index in [1.165, 1.54) is 35.3 Å². The summed E-state index contributed by atoms with van der Waals surface area (Å²) in [6, 6.07) is 11.2. The minimum absolute atomic E-state index is 0.431. The maximum atomic E-state index is 5.30. The van der Waals surface area contributed by atoms with Gasteiger partial charge in [0.15, 0.2) is 0 Å². The highest BCUT2D eigenvalue weighted by Crippen LogP contribution is 2.26. The first kappa shape index (κ1) is 16.1. The van der Waals surface area contributed by atoms with E-state index in [4.69, 9.17) is 4.74 Å². The molecule has 0 aliphatic rings. The molecular weight excluding hydrogens is 278 g/mol. The van der Waals surface area contributed by atoms with E-state index in [-0.39, 0.29) is 0 Å². The summed E-state index contributed by atoms with van der Waals surface area (Å²) in [7, 11) is 1.72. The molecule has 0 saturated carbocycles. The Morgan fingerprint density at radius 1 is 1.29 bits per heavy atom. The molecule has 0 amide bonds. The molecule has 1 heterocycles. The predicted molar refractivity (Wildman–Crippen MR) is 91.4 cm³/mol. The fourth-order valence-corrected chi connectivity index (χ4v) is 3.47. The average Bonchev–Trinajstić information content (AvgIpc) is 2.99. The van der Waals surface area contributed by atoms with Gasteiger partial charge in [0.25, 0.3) is 0 Å². The second-order valence-corrected chi connectivity index (χ2v) is 6.34. The van der Waals surface area contributed by atoms with Crippen LogP contribution in [0.15, 0.2) is 35.7 Å². The van der Waals surface area contributed by atoms with E-state index in [1.54, 1.807) is 7.11 Å². The van der Waals surface area contributed by atoms with Crippen LogP contribution in [0.4, 0.5) is 0 Å². The third-order valence-corrected chi connectivity index (χ3v) is 4.74. The standard InChI is InChI=1S/C18H25NOS/c1-4-19-18(9-5-7-16-8-6-12-21-16)17-11-10-15(20-3)13-14(17)2/h6,8,10-13,18-19H,4-5,7,9H2,1-3H3. The summed E-state index contributed by atoms with van der Waals surface area (Å²) in [5, 5.41) is 5.78. The molecule has 1 unspecified atom stereocenters. The lowest BCUT2D eigenvalue weighted by Crippen LogP contribution is -2.21. The van der Waals surface area contributed by atoms with Crippen molar-refractivity contribution < 1.29 is 4.74 Å². The van der Waals surface area contributed by atoms with Crippen LogP contribution in [0, 0.1) is 6.92 Å². The van der Waals surface area contributed by atoms with E-state index in [1.807, 2.05) is 11.3 Å². The van der Waals surface area contributed by atoms with Crippen molar-refractivity contribution in [2.45, 2.75) is 39.2 Å². The zero-order valence-electron chi connectivity index (χ0n) is 13.2. The molecule has 2 aromatic rings. The van der Waals surface area contributed by atoms with Gasteiger partial charge in [-0.3, -0.25) is 0 Å². The van der Waals surface area contributed by atoms with Gasteiger partial charge in [-0.25, -0.2) is 0 Å². The monoisotopic (exact) mass is 303 g/mol. The molecule has 21 heavy (non-hydrogen) atoms. The van der Waals surface area contributed by atoms with Crippen molar-refractivity contribution in [2.75, 3.05) is 13.7 Å². The Morgan fingerprint density at radius 2 is 2.14 bits per heavy atom. The number of rotatable bonds is 8. The molecule has 3 heteroatoms. The van der Waals surface area contributed by atoms with Gasteiger partial charge in [-0.2, -0.15) is 0 Å². The lowest BCUT2D eigenvalue weighted by molar-refractivity contribution is 0.413. The van der Waals surface area contributed by atoms with Crippen LogP contribution in [-0.4, -0.2) is 13.7 Å². The van der Waals surface area contributed by atoms with E-state index in [0.717, 1.165) is 12.3 Å². The van der Waals surface area contributed by atoms with Gasteiger partial charge in [-0.15, -0.1) is 11.3 Å². The number of thiophene rings is 1. The minimum atomic E-state index is 0.431. The molecule has 1 aromatic carbocycles. The molecule has 1 N–H and O–H groups in total. The molecule has 114 valence electrons. The zero-order valence-corrected chi connectivity index (χ0v) is 14.0. The Hall–Kier alpha value is -1.32. The van der Waals surface area contributed by atoms with Crippen molar-refractivity contribution in [1.29, 1.82) is 0 Å². The molecule has 1 atom stereocenters. The van der Waals surface area contributed by atoms with E-state index >= 15 is 0 Å². The molecule has 1 aromatic heterocycles. The van der Waals surface area contributed by atoms with Gasteiger partial charge < -0.3 is 10.1 Å². The highest BCUT2D eigenvalue weighted by atomic mass is 32.1. The Balaban J connectivity index is 2.00. The normalized spacial score (nSPS) is 12.3. The van der Waals surface area contributed by atoms with Crippen LogP contribution >= 0.6 is 11.3 Å². The number of benzene rings is 1. The highest BCUT2D eigenvalue weighted by molar-refractivity contribution is 7.09. The van der Waals surface area contributed by atoms with Crippen LogP contribution in [0.2, 0.25) is 0 Å². The van der Waals surface area contributed by atoms with Crippen LogP contribution in [-0.2, 0) is 6.42 Å². The van der Waals surface area contributed by atoms with Gasteiger partial charge in [-0.1, -0.05) is 19.1 Å². The van der Waals surface area contributed by atoms with Crippen LogP contribution in [0.1, 0.15) is 41.8 Å². The van der Waals surface area contributed by atoms with Crippen molar-refractivity contribution in [1.82, 2.24) is 5.32 Å². The van der Waals surface area contributed by atoms with Gasteiger partial charge in [-0.05, 0) is 67.4 Å². The summed E-state index contributed by atoms with van der Waals surface area (Å²) < 4.78 is 5.30. The van der Waals surface area contributed by atoms with Crippen molar-refractivity contribution in [3.8, 4) is 5.75 Å². The maximum absolute atomic E-state index is 5.30. The molecule has 0 saturated heterocycles. The molecular formula is C18H25NOS. The quantitative estimate of drug-likeness (QED) is 0.760. The van der Waals surface area contributed by atoms with Crippen LogP contribution in [0.25, 0.3) is 0 Å². The SMILES string of the molecule is CCNC(CCCc1cccs1)c1ccc(OC)cc1C. The first-order valence-corrected chi connectivity index (χ1v) is 8.53. The molecule has 0 aliphatic heterocycles. The zero-order chi connectivity index (χ0) is 15.1. The smallest absolute Gasteiger partial charge is 0.119 e. The topological polar surface area (TPSA) is 21.3 Å². The van der Waals surface area contributed by atoms with E-state index in [0.29, 0.717) is 6.04 Å². The van der Waals surface area contributed by atoms with E-state index in [9.17, 15) is 0 Å². The summed E-state index contributed by atoms with van der Waals surface area (Å²) in [4.78, 5) is 1.48. The molecule has 0 fully saturated rings. The van der Waals surface area contributed by atoms with Crippen LogP contribution in [0.3, 0.4) is 0 Å². The summed E-state index contributed by atoms with van der Waals surface area (Å²) >= 11 is 1.85. The largest absolute Gasteiger partial charge is 0.497 e. The molecule has 0 spiro atoms. The van der Waals surface area contributed by atoms with Crippen molar-refractivity contribution >= 4 is 11.3 Å². The molecule has 0 radical (unpaired) electrons. The number of nitrogens with one attached hydrogen (secondary N) is 1. The lowest BCUT2D eigenvalue weighted by Gasteiger charge is -2.21. The second-order valence-electron chi connectivity index (χ2n) is 5.30. The number of methoxy groups -OCH3 is 1. The molecule has 0 aliphatic carbocycles. The van der Waals surface area contributed by atoms with Gasteiger partial charge >= 0.3 is 0 Å². The van der Waals surface area contributed by atoms with Gasteiger partial charge in [0.2, 0.25) is 0 Å². The summed E-state index contributed by atoms with van der Waals surface area (Å²) in [6.07, 6.45) is 3.55. The van der Waals surface area contributed by atoms with Crippen LogP contribution in [0.5, 0.6) is 5.75 Å². The van der Waals surface area contributed by atoms with Crippen molar-refractivity contribution in [2.24, 2.45) is 0 Å². The second kappa shape index (κ2) is 8.20. The van der Waals surface area contributed by atoms with E-state index < -0.39 is 0 Å². The fraction of sp³-hybridized carbons (Fsp3) is 0.444. The number of ether oxygens (including phenoxy) is 1. The van der Waals surface area contributed by atoms with Gasteiger partial charge in [0.1, 0.15) is 5.75 Å². The highest BCUT2D eigenvalue weighted by Gasteiger charge is 2.13. The third-order valence-electron chi connectivity index (χ3n) is 3.80. The Bertz CT molecular complexity index is 536. The van der Waals surface area contributed by atoms with Gasteiger partial charge in [0, 0.05) is 10.9 Å². The van der Waals surface area contributed by atoms with Crippen LogP contribution < -0.4 is 10.1 Å². The average molecular weight is 303 g/mol. The lowest BCUT2D eigenvalue weighted by atomic mass is 9.96.